The van der Waals surface area contributed by atoms with Gasteiger partial charge in [-0.25, -0.2) is 4.79 Å². The van der Waals surface area contributed by atoms with E-state index in [2.05, 4.69) is 0 Å². The average molecular weight is 252 g/mol. The maximum atomic E-state index is 11.5. The van der Waals surface area contributed by atoms with Gasteiger partial charge in [0.25, 0.3) is 0 Å². The first kappa shape index (κ1) is 14.0. The highest BCUT2D eigenvalue weighted by Crippen LogP contribution is 2.30. The SMILES string of the molecule is CCOc1cc(OCC)c(C(=O)O)cc1C(C)=O. The number of carboxylic acids is 1. The fraction of sp³-hybridized carbons (Fsp3) is 0.385. The van der Waals surface area contributed by atoms with E-state index in [1.807, 2.05) is 0 Å². The molecule has 0 aliphatic heterocycles. The minimum Gasteiger partial charge on any atom is -0.493 e. The molecule has 0 aliphatic rings. The minimum atomic E-state index is -1.14. The molecule has 0 radical (unpaired) electrons. The van der Waals surface area contributed by atoms with Crippen LogP contribution in [0.1, 0.15) is 41.5 Å². The molecule has 0 aliphatic carbocycles. The normalized spacial score (nSPS) is 9.94. The summed E-state index contributed by atoms with van der Waals surface area (Å²) in [4.78, 5) is 22.6. The van der Waals surface area contributed by atoms with Crippen LogP contribution < -0.4 is 9.47 Å². The van der Waals surface area contributed by atoms with Gasteiger partial charge in [-0.2, -0.15) is 0 Å². The Balaban J connectivity index is 3.39. The summed E-state index contributed by atoms with van der Waals surface area (Å²) in [6.45, 7) is 5.63. The number of carbonyl (C=O) groups excluding carboxylic acids is 1. The van der Waals surface area contributed by atoms with Crippen LogP contribution in [0.4, 0.5) is 0 Å². The molecule has 1 N–H and O–H groups in total. The largest absolute Gasteiger partial charge is 0.493 e. The summed E-state index contributed by atoms with van der Waals surface area (Å²) in [6.07, 6.45) is 0. The number of Topliss-reactive ketones (excluding diaryl/α,β-unsaturated/α-hetero) is 1. The molecule has 0 aromatic heterocycles. The molecule has 0 saturated heterocycles. The van der Waals surface area contributed by atoms with E-state index in [-0.39, 0.29) is 22.7 Å². The summed E-state index contributed by atoms with van der Waals surface area (Å²) in [5.74, 6) is -0.829. The van der Waals surface area contributed by atoms with Crippen LogP contribution in [-0.4, -0.2) is 30.1 Å². The Bertz CT molecular complexity index is 425. The van der Waals surface area contributed by atoms with E-state index in [1.165, 1.54) is 19.1 Å². The van der Waals surface area contributed by atoms with Crippen molar-refractivity contribution in [2.45, 2.75) is 20.8 Å². The summed E-state index contributed by atoms with van der Waals surface area (Å²) in [6, 6.07) is 2.74. The lowest BCUT2D eigenvalue weighted by Crippen LogP contribution is -2.08. The van der Waals surface area contributed by atoms with Gasteiger partial charge in [-0.3, -0.25) is 4.79 Å². The molecule has 0 unspecified atom stereocenters. The van der Waals surface area contributed by atoms with Crippen LogP contribution in [0.2, 0.25) is 0 Å². The van der Waals surface area contributed by atoms with Gasteiger partial charge >= 0.3 is 5.97 Å². The Labute approximate surface area is 105 Å². The zero-order chi connectivity index (χ0) is 13.7. The third kappa shape index (κ3) is 3.00. The number of hydrogen-bond donors (Lipinski definition) is 1. The van der Waals surface area contributed by atoms with Gasteiger partial charge in [0, 0.05) is 6.07 Å². The van der Waals surface area contributed by atoms with Crippen molar-refractivity contribution in [1.82, 2.24) is 0 Å². The highest BCUT2D eigenvalue weighted by molar-refractivity contribution is 6.01. The van der Waals surface area contributed by atoms with Crippen LogP contribution >= 0.6 is 0 Å². The molecular weight excluding hydrogens is 236 g/mol. The molecule has 0 fully saturated rings. The van der Waals surface area contributed by atoms with Gasteiger partial charge in [0.2, 0.25) is 0 Å². The Hall–Kier alpha value is -2.04. The second kappa shape index (κ2) is 6.05. The average Bonchev–Trinajstić information content (AvgIpc) is 2.29. The highest BCUT2D eigenvalue weighted by atomic mass is 16.5. The van der Waals surface area contributed by atoms with E-state index < -0.39 is 5.97 Å². The number of ether oxygens (including phenoxy) is 2. The van der Waals surface area contributed by atoms with E-state index in [0.717, 1.165) is 0 Å². The Morgan fingerprint density at radius 2 is 1.56 bits per heavy atom. The van der Waals surface area contributed by atoms with Gasteiger partial charge in [0.1, 0.15) is 17.1 Å². The van der Waals surface area contributed by atoms with Gasteiger partial charge in [-0.05, 0) is 26.8 Å². The molecule has 98 valence electrons. The fourth-order valence-corrected chi connectivity index (χ4v) is 1.55. The molecule has 5 nitrogen and oxygen atoms in total. The number of rotatable bonds is 6. The monoisotopic (exact) mass is 252 g/mol. The summed E-state index contributed by atoms with van der Waals surface area (Å²) in [7, 11) is 0. The second-order valence-electron chi connectivity index (χ2n) is 3.57. The molecule has 1 rings (SSSR count). The van der Waals surface area contributed by atoms with E-state index in [4.69, 9.17) is 14.6 Å². The highest BCUT2D eigenvalue weighted by Gasteiger charge is 2.18. The van der Waals surface area contributed by atoms with Crippen molar-refractivity contribution in [2.24, 2.45) is 0 Å². The van der Waals surface area contributed by atoms with Gasteiger partial charge in [0.05, 0.1) is 18.8 Å². The second-order valence-corrected chi connectivity index (χ2v) is 3.57. The van der Waals surface area contributed by atoms with Crippen LogP contribution in [-0.2, 0) is 0 Å². The number of carbonyl (C=O) groups is 2. The van der Waals surface area contributed by atoms with Crippen LogP contribution in [0.3, 0.4) is 0 Å². The molecule has 0 atom stereocenters. The number of ketones is 1. The standard InChI is InChI=1S/C13H16O5/c1-4-17-11-7-12(18-5-2)10(13(15)16)6-9(11)8(3)14/h6-7H,4-5H2,1-3H3,(H,15,16). The molecule has 5 heteroatoms. The quantitative estimate of drug-likeness (QED) is 0.787. The lowest BCUT2D eigenvalue weighted by Gasteiger charge is -2.13. The third-order valence-electron chi connectivity index (χ3n) is 2.29. The first-order chi connectivity index (χ1) is 8.51. The molecule has 0 spiro atoms. The lowest BCUT2D eigenvalue weighted by molar-refractivity contribution is 0.0692. The van der Waals surface area contributed by atoms with E-state index in [9.17, 15) is 9.59 Å². The third-order valence-corrected chi connectivity index (χ3v) is 2.29. The van der Waals surface area contributed by atoms with Gasteiger partial charge in [-0.1, -0.05) is 0 Å². The fourth-order valence-electron chi connectivity index (χ4n) is 1.55. The Morgan fingerprint density at radius 3 is 1.94 bits per heavy atom. The zero-order valence-electron chi connectivity index (χ0n) is 10.6. The van der Waals surface area contributed by atoms with Crippen LogP contribution in [0.25, 0.3) is 0 Å². The maximum absolute atomic E-state index is 11.5. The van der Waals surface area contributed by atoms with Crippen molar-refractivity contribution < 1.29 is 24.2 Å². The van der Waals surface area contributed by atoms with Crippen molar-refractivity contribution in [3.63, 3.8) is 0 Å². The lowest BCUT2D eigenvalue weighted by atomic mass is 10.1. The van der Waals surface area contributed by atoms with Crippen LogP contribution in [0.15, 0.2) is 12.1 Å². The summed E-state index contributed by atoms with van der Waals surface area (Å²) < 4.78 is 10.6. The number of carboxylic acid groups (broad SMARTS) is 1. The van der Waals surface area contributed by atoms with E-state index >= 15 is 0 Å². The molecule has 1 aromatic rings. The molecule has 18 heavy (non-hydrogen) atoms. The molecular formula is C13H16O5. The van der Waals surface area contributed by atoms with Crippen molar-refractivity contribution in [2.75, 3.05) is 13.2 Å². The predicted molar refractivity (Wildman–Crippen MR) is 65.7 cm³/mol. The summed E-state index contributed by atoms with van der Waals surface area (Å²) >= 11 is 0. The molecule has 1 aromatic carbocycles. The van der Waals surface area contributed by atoms with Crippen molar-refractivity contribution in [1.29, 1.82) is 0 Å². The maximum Gasteiger partial charge on any atom is 0.339 e. The van der Waals surface area contributed by atoms with Crippen molar-refractivity contribution >= 4 is 11.8 Å². The zero-order valence-corrected chi connectivity index (χ0v) is 10.6. The predicted octanol–water partition coefficient (Wildman–Crippen LogP) is 2.38. The van der Waals surface area contributed by atoms with Gasteiger partial charge in [-0.15, -0.1) is 0 Å². The Kier molecular flexibility index (Phi) is 4.71. The van der Waals surface area contributed by atoms with Crippen LogP contribution in [0, 0.1) is 0 Å². The molecule has 0 bridgehead atoms. The summed E-state index contributed by atoms with van der Waals surface area (Å²) in [5.41, 5.74) is 0.211. The van der Waals surface area contributed by atoms with E-state index in [1.54, 1.807) is 13.8 Å². The van der Waals surface area contributed by atoms with Gasteiger partial charge in [0.15, 0.2) is 5.78 Å². The number of hydrogen-bond acceptors (Lipinski definition) is 4. The summed E-state index contributed by atoms with van der Waals surface area (Å²) in [5, 5.41) is 9.09. The van der Waals surface area contributed by atoms with E-state index in [0.29, 0.717) is 19.0 Å². The van der Waals surface area contributed by atoms with Crippen LogP contribution in [0.5, 0.6) is 11.5 Å². The smallest absolute Gasteiger partial charge is 0.339 e. The minimum absolute atomic E-state index is 0.0366. The number of benzene rings is 1. The molecule has 0 heterocycles. The first-order valence-corrected chi connectivity index (χ1v) is 5.69. The first-order valence-electron chi connectivity index (χ1n) is 5.69. The Morgan fingerprint density at radius 1 is 1.06 bits per heavy atom. The van der Waals surface area contributed by atoms with Crippen molar-refractivity contribution in [3.8, 4) is 11.5 Å². The number of aromatic carboxylic acids is 1. The topological polar surface area (TPSA) is 72.8 Å². The molecule has 0 amide bonds. The van der Waals surface area contributed by atoms with Gasteiger partial charge < -0.3 is 14.6 Å². The molecule has 0 saturated carbocycles. The van der Waals surface area contributed by atoms with Crippen molar-refractivity contribution in [3.05, 3.63) is 23.3 Å².